The zero-order valence-corrected chi connectivity index (χ0v) is 11.2. The number of ether oxygens (including phenoxy) is 1. The van der Waals surface area contributed by atoms with Gasteiger partial charge >= 0.3 is 6.09 Å². The van der Waals surface area contributed by atoms with Crippen LogP contribution in [-0.4, -0.2) is 25.2 Å². The highest BCUT2D eigenvalue weighted by Gasteiger charge is 2.33. The van der Waals surface area contributed by atoms with E-state index >= 15 is 0 Å². The maximum atomic E-state index is 13.7. The summed E-state index contributed by atoms with van der Waals surface area (Å²) in [5.41, 5.74) is 1.15. The molecule has 0 unspecified atom stereocenters. The molecule has 0 bridgehead atoms. The van der Waals surface area contributed by atoms with Crippen LogP contribution in [0.25, 0.3) is 0 Å². The Bertz CT molecular complexity index is 478. The molecule has 4 nitrogen and oxygen atoms in total. The van der Waals surface area contributed by atoms with E-state index in [1.54, 1.807) is 17.0 Å². The number of carbonyl (C=O) groups excluding carboxylic acids is 1. The van der Waals surface area contributed by atoms with Crippen LogP contribution in [0.15, 0.2) is 18.2 Å². The molecule has 6 heteroatoms. The first-order chi connectivity index (χ1) is 8.77. The molecule has 0 aromatic heterocycles. The third-order valence-corrected chi connectivity index (χ3v) is 3.56. The summed E-state index contributed by atoms with van der Waals surface area (Å²) in [6.45, 7) is 1.78. The van der Waals surface area contributed by atoms with Gasteiger partial charge in [0.05, 0.1) is 5.69 Å². The number of fused-ring (bicyclic) bond motifs is 1. The van der Waals surface area contributed by atoms with Crippen molar-refractivity contribution in [2.75, 3.05) is 18.0 Å². The predicted octanol–water partition coefficient (Wildman–Crippen LogP) is 2.46. The number of hydrogen-bond acceptors (Lipinski definition) is 3. The summed E-state index contributed by atoms with van der Waals surface area (Å²) >= 11 is 0. The Morgan fingerprint density at radius 3 is 2.79 bits per heavy atom. The lowest BCUT2D eigenvalue weighted by atomic mass is 10.0. The van der Waals surface area contributed by atoms with Crippen molar-refractivity contribution in [3.63, 3.8) is 0 Å². The number of halogens is 2. The monoisotopic (exact) mass is 286 g/mol. The molecule has 1 N–H and O–H groups in total. The first-order valence-electron chi connectivity index (χ1n) is 6.21. The predicted molar refractivity (Wildman–Crippen MR) is 72.2 cm³/mol. The summed E-state index contributed by atoms with van der Waals surface area (Å²) in [7, 11) is 0. The van der Waals surface area contributed by atoms with Gasteiger partial charge in [-0.25, -0.2) is 9.18 Å². The molecule has 19 heavy (non-hydrogen) atoms. The lowest BCUT2D eigenvalue weighted by molar-refractivity contribution is 0.135. The highest BCUT2D eigenvalue weighted by Crippen LogP contribution is 2.32. The standard InChI is InChI=1S/C13H15FN2O2.ClH/c14-11-2-1-3-12-10(11)8-18-13(17)16(12)9-4-6-15-7-5-9;/h1-3,9,15H,4-8H2;1H. The van der Waals surface area contributed by atoms with E-state index in [-0.39, 0.29) is 37.0 Å². The first-order valence-corrected chi connectivity index (χ1v) is 6.21. The van der Waals surface area contributed by atoms with Gasteiger partial charge in [0.15, 0.2) is 0 Å². The zero-order valence-electron chi connectivity index (χ0n) is 10.4. The zero-order chi connectivity index (χ0) is 12.5. The van der Waals surface area contributed by atoms with Gasteiger partial charge < -0.3 is 10.1 Å². The normalized spacial score (nSPS) is 19.4. The molecule has 1 aromatic rings. The van der Waals surface area contributed by atoms with E-state index in [1.807, 2.05) is 0 Å². The van der Waals surface area contributed by atoms with Crippen molar-refractivity contribution in [1.29, 1.82) is 0 Å². The third kappa shape index (κ3) is 2.53. The van der Waals surface area contributed by atoms with Gasteiger partial charge in [0, 0.05) is 11.6 Å². The number of carbonyl (C=O) groups is 1. The summed E-state index contributed by atoms with van der Waals surface area (Å²) < 4.78 is 18.8. The second-order valence-electron chi connectivity index (χ2n) is 4.64. The highest BCUT2D eigenvalue weighted by atomic mass is 35.5. The lowest BCUT2D eigenvalue weighted by Gasteiger charge is -2.37. The molecular formula is C13H16ClFN2O2. The van der Waals surface area contributed by atoms with E-state index in [4.69, 9.17) is 4.74 Å². The molecular weight excluding hydrogens is 271 g/mol. The second kappa shape index (κ2) is 5.75. The molecule has 2 heterocycles. The van der Waals surface area contributed by atoms with Crippen molar-refractivity contribution < 1.29 is 13.9 Å². The van der Waals surface area contributed by atoms with E-state index in [2.05, 4.69) is 5.32 Å². The number of amides is 1. The van der Waals surface area contributed by atoms with Crippen LogP contribution in [0.1, 0.15) is 18.4 Å². The first kappa shape index (κ1) is 14.1. The SMILES string of the molecule is Cl.O=C1OCc2c(F)cccc2N1C1CCNCC1. The number of cyclic esters (lactones) is 1. The summed E-state index contributed by atoms with van der Waals surface area (Å²) in [5.74, 6) is -0.307. The summed E-state index contributed by atoms with van der Waals surface area (Å²) in [6.07, 6.45) is 1.37. The summed E-state index contributed by atoms with van der Waals surface area (Å²) in [5, 5.41) is 3.25. The molecule has 0 aliphatic carbocycles. The third-order valence-electron chi connectivity index (χ3n) is 3.56. The molecule has 0 spiro atoms. The van der Waals surface area contributed by atoms with Crippen LogP contribution in [0.4, 0.5) is 14.9 Å². The van der Waals surface area contributed by atoms with Gasteiger partial charge in [-0.1, -0.05) is 6.07 Å². The Morgan fingerprint density at radius 2 is 2.05 bits per heavy atom. The summed E-state index contributed by atoms with van der Waals surface area (Å²) in [4.78, 5) is 13.5. The Balaban J connectivity index is 0.00000133. The number of nitrogens with zero attached hydrogens (tertiary/aromatic N) is 1. The molecule has 104 valence electrons. The molecule has 0 atom stereocenters. The van der Waals surface area contributed by atoms with Gasteiger partial charge in [0.2, 0.25) is 0 Å². The van der Waals surface area contributed by atoms with Crippen LogP contribution >= 0.6 is 12.4 Å². The molecule has 0 radical (unpaired) electrons. The van der Waals surface area contributed by atoms with Crippen LogP contribution < -0.4 is 10.2 Å². The van der Waals surface area contributed by atoms with E-state index in [9.17, 15) is 9.18 Å². The van der Waals surface area contributed by atoms with Gasteiger partial charge in [0.1, 0.15) is 12.4 Å². The number of rotatable bonds is 1. The molecule has 1 fully saturated rings. The molecule has 1 saturated heterocycles. The quantitative estimate of drug-likeness (QED) is 0.862. The van der Waals surface area contributed by atoms with Crippen molar-refractivity contribution in [2.24, 2.45) is 0 Å². The Kier molecular flexibility index (Phi) is 4.27. The minimum absolute atomic E-state index is 0. The Hall–Kier alpha value is -1.33. The van der Waals surface area contributed by atoms with E-state index in [0.717, 1.165) is 25.9 Å². The summed E-state index contributed by atoms with van der Waals surface area (Å²) in [6, 6.07) is 4.93. The number of benzene rings is 1. The van der Waals surface area contributed by atoms with Gasteiger partial charge in [0.25, 0.3) is 0 Å². The minimum atomic E-state index is -0.361. The van der Waals surface area contributed by atoms with Gasteiger partial charge in [-0.2, -0.15) is 0 Å². The largest absolute Gasteiger partial charge is 0.444 e. The van der Waals surface area contributed by atoms with Crippen molar-refractivity contribution >= 4 is 24.2 Å². The fourth-order valence-corrected chi connectivity index (χ4v) is 2.63. The van der Waals surface area contributed by atoms with Crippen LogP contribution in [0, 0.1) is 5.82 Å². The van der Waals surface area contributed by atoms with Crippen molar-refractivity contribution in [3.8, 4) is 0 Å². The average Bonchev–Trinajstić information content (AvgIpc) is 2.40. The Labute approximate surface area is 117 Å². The van der Waals surface area contributed by atoms with Gasteiger partial charge in [-0.15, -0.1) is 12.4 Å². The van der Waals surface area contributed by atoms with Crippen molar-refractivity contribution in [1.82, 2.24) is 5.32 Å². The highest BCUT2D eigenvalue weighted by molar-refractivity contribution is 5.91. The van der Waals surface area contributed by atoms with Crippen molar-refractivity contribution in [2.45, 2.75) is 25.5 Å². The minimum Gasteiger partial charge on any atom is -0.444 e. The van der Waals surface area contributed by atoms with E-state index < -0.39 is 0 Å². The van der Waals surface area contributed by atoms with Crippen molar-refractivity contribution in [3.05, 3.63) is 29.6 Å². The number of piperidine rings is 1. The molecule has 3 rings (SSSR count). The van der Waals surface area contributed by atoms with Crippen LogP contribution in [0.2, 0.25) is 0 Å². The van der Waals surface area contributed by atoms with Crippen LogP contribution in [-0.2, 0) is 11.3 Å². The smallest absolute Gasteiger partial charge is 0.414 e. The number of anilines is 1. The molecule has 1 amide bonds. The molecule has 2 aliphatic heterocycles. The lowest BCUT2D eigenvalue weighted by Crippen LogP contribution is -2.48. The second-order valence-corrected chi connectivity index (χ2v) is 4.64. The average molecular weight is 287 g/mol. The maximum Gasteiger partial charge on any atom is 0.414 e. The fraction of sp³-hybridized carbons (Fsp3) is 0.462. The maximum absolute atomic E-state index is 13.7. The van der Waals surface area contributed by atoms with Crippen LogP contribution in [0.3, 0.4) is 0 Å². The van der Waals surface area contributed by atoms with E-state index in [0.29, 0.717) is 11.3 Å². The molecule has 0 saturated carbocycles. The van der Waals surface area contributed by atoms with Gasteiger partial charge in [-0.05, 0) is 38.1 Å². The van der Waals surface area contributed by atoms with Gasteiger partial charge in [-0.3, -0.25) is 4.90 Å². The number of nitrogens with one attached hydrogen (secondary N) is 1. The molecule has 2 aliphatic rings. The number of hydrogen-bond donors (Lipinski definition) is 1. The van der Waals surface area contributed by atoms with Crippen LogP contribution in [0.5, 0.6) is 0 Å². The molecule has 1 aromatic carbocycles. The fourth-order valence-electron chi connectivity index (χ4n) is 2.63. The Morgan fingerprint density at radius 1 is 1.32 bits per heavy atom. The van der Waals surface area contributed by atoms with E-state index in [1.165, 1.54) is 6.07 Å². The topological polar surface area (TPSA) is 41.6 Å².